The van der Waals surface area contributed by atoms with Gasteiger partial charge in [0.15, 0.2) is 0 Å². The highest BCUT2D eigenvalue weighted by molar-refractivity contribution is 6.36. The molecule has 0 atom stereocenters. The van der Waals surface area contributed by atoms with Crippen molar-refractivity contribution < 1.29 is 24.2 Å². The van der Waals surface area contributed by atoms with Gasteiger partial charge in [-0.25, -0.2) is 4.90 Å². The summed E-state index contributed by atoms with van der Waals surface area (Å²) in [5.41, 5.74) is 10.9. The standard InChI is InChI=1S/C35H31NO5/c1-3-40-16-17-41-25-11-15-27-22(19-25)7-13-29-31(27)30-26-14-10-24(37)18-21(26)6-12-28(30)32-33(29)35(39)36(34(32)38)23-8-4-20(2)5-9-23/h4-5,8-11,14-15,18-19,37H,3,6-7,12-13,16-17H2,1-2H3. The number of phenols is 1. The van der Waals surface area contributed by atoms with Crippen LogP contribution in [0.4, 0.5) is 5.69 Å². The number of nitrogens with zero attached hydrogens (tertiary/aromatic N) is 1. The van der Waals surface area contributed by atoms with E-state index in [1.165, 1.54) is 4.90 Å². The normalized spacial score (nSPS) is 14.7. The van der Waals surface area contributed by atoms with Gasteiger partial charge in [-0.05, 0) is 120 Å². The molecule has 0 saturated carbocycles. The molecule has 6 nitrogen and oxygen atoms in total. The molecule has 41 heavy (non-hydrogen) atoms. The summed E-state index contributed by atoms with van der Waals surface area (Å²) in [6, 6.07) is 19.2. The molecule has 0 bridgehead atoms. The van der Waals surface area contributed by atoms with Crippen LogP contribution in [-0.2, 0) is 30.4 Å². The third-order valence-electron chi connectivity index (χ3n) is 8.53. The SMILES string of the molecule is CCOCCOc1ccc2c(c1)CCc1c3c(c4c(c1-2)-c1ccc(O)cc1CC4)C(=O)N(c1ccc(C)cc1)C3=O. The van der Waals surface area contributed by atoms with Crippen molar-refractivity contribution in [3.05, 3.63) is 99.6 Å². The molecular weight excluding hydrogens is 514 g/mol. The highest BCUT2D eigenvalue weighted by Gasteiger charge is 2.44. The molecule has 1 aliphatic heterocycles. The molecule has 4 aromatic rings. The van der Waals surface area contributed by atoms with Gasteiger partial charge in [0.05, 0.1) is 23.4 Å². The molecule has 0 fully saturated rings. The number of amides is 2. The van der Waals surface area contributed by atoms with Crippen molar-refractivity contribution in [1.29, 1.82) is 0 Å². The smallest absolute Gasteiger partial charge is 0.266 e. The Hall–Kier alpha value is -4.42. The molecule has 0 spiro atoms. The molecule has 2 aliphatic carbocycles. The Morgan fingerprint density at radius 3 is 1.98 bits per heavy atom. The number of aromatic hydroxyl groups is 1. The van der Waals surface area contributed by atoms with E-state index >= 15 is 0 Å². The van der Waals surface area contributed by atoms with E-state index in [9.17, 15) is 14.7 Å². The second kappa shape index (κ2) is 9.89. The van der Waals surface area contributed by atoms with Gasteiger partial charge in [-0.2, -0.15) is 0 Å². The Bertz CT molecular complexity index is 1740. The van der Waals surface area contributed by atoms with Gasteiger partial charge in [-0.1, -0.05) is 29.8 Å². The molecule has 0 radical (unpaired) electrons. The monoisotopic (exact) mass is 545 g/mol. The molecule has 1 N–H and O–H groups in total. The van der Waals surface area contributed by atoms with Crippen LogP contribution < -0.4 is 9.64 Å². The molecule has 4 aromatic carbocycles. The molecule has 0 unspecified atom stereocenters. The number of phenolic OH excluding ortho intramolecular Hbond substituents is 1. The fraction of sp³-hybridized carbons (Fsp3) is 0.257. The molecule has 7 rings (SSSR count). The predicted octanol–water partition coefficient (Wildman–Crippen LogP) is 6.45. The zero-order valence-electron chi connectivity index (χ0n) is 23.3. The van der Waals surface area contributed by atoms with Crippen LogP contribution in [0.5, 0.6) is 11.5 Å². The Morgan fingerprint density at radius 1 is 0.732 bits per heavy atom. The number of benzene rings is 4. The largest absolute Gasteiger partial charge is 0.508 e. The number of hydrogen-bond donors (Lipinski definition) is 1. The van der Waals surface area contributed by atoms with Crippen molar-refractivity contribution in [3.63, 3.8) is 0 Å². The van der Waals surface area contributed by atoms with E-state index in [4.69, 9.17) is 9.47 Å². The van der Waals surface area contributed by atoms with Gasteiger partial charge in [-0.15, -0.1) is 0 Å². The minimum absolute atomic E-state index is 0.230. The minimum Gasteiger partial charge on any atom is -0.508 e. The van der Waals surface area contributed by atoms with Crippen molar-refractivity contribution >= 4 is 17.5 Å². The van der Waals surface area contributed by atoms with Gasteiger partial charge >= 0.3 is 0 Å². The molecule has 0 aromatic heterocycles. The van der Waals surface area contributed by atoms with Crippen molar-refractivity contribution in [1.82, 2.24) is 0 Å². The molecule has 2 amide bonds. The molecule has 3 aliphatic rings. The summed E-state index contributed by atoms with van der Waals surface area (Å²) in [6.45, 7) is 5.62. The summed E-state index contributed by atoms with van der Waals surface area (Å²) in [4.78, 5) is 29.6. The predicted molar refractivity (Wildman–Crippen MR) is 158 cm³/mol. The lowest BCUT2D eigenvalue weighted by molar-refractivity contribution is 0.0925. The van der Waals surface area contributed by atoms with Crippen molar-refractivity contribution in [2.75, 3.05) is 24.7 Å². The Labute approximate surface area is 239 Å². The van der Waals surface area contributed by atoms with Gasteiger partial charge in [0, 0.05) is 6.61 Å². The fourth-order valence-electron chi connectivity index (χ4n) is 6.69. The number of imide groups is 1. The topological polar surface area (TPSA) is 76.1 Å². The molecule has 6 heteroatoms. The Balaban J connectivity index is 1.43. The maximum Gasteiger partial charge on any atom is 0.266 e. The maximum atomic E-state index is 14.1. The van der Waals surface area contributed by atoms with Gasteiger partial charge in [0.1, 0.15) is 18.1 Å². The van der Waals surface area contributed by atoms with Crippen LogP contribution in [0, 0.1) is 6.92 Å². The first-order valence-corrected chi connectivity index (χ1v) is 14.3. The number of hydrogen-bond acceptors (Lipinski definition) is 5. The highest BCUT2D eigenvalue weighted by Crippen LogP contribution is 2.51. The van der Waals surface area contributed by atoms with Crippen LogP contribution in [0.1, 0.15) is 55.5 Å². The van der Waals surface area contributed by atoms with E-state index in [1.54, 1.807) is 6.07 Å². The first-order valence-electron chi connectivity index (χ1n) is 14.3. The number of rotatable bonds is 6. The number of fused-ring (bicyclic) bond motifs is 10. The Kier molecular flexibility index (Phi) is 6.16. The number of aryl methyl sites for hydroxylation is 3. The average Bonchev–Trinajstić information content (AvgIpc) is 3.25. The lowest BCUT2D eigenvalue weighted by Crippen LogP contribution is -2.29. The molecular formula is C35H31NO5. The Morgan fingerprint density at radius 2 is 1.34 bits per heavy atom. The van der Waals surface area contributed by atoms with Gasteiger partial charge in [0.25, 0.3) is 11.8 Å². The van der Waals surface area contributed by atoms with Crippen molar-refractivity contribution in [3.8, 4) is 33.8 Å². The minimum atomic E-state index is -0.251. The third kappa shape index (κ3) is 4.05. The van der Waals surface area contributed by atoms with E-state index < -0.39 is 0 Å². The summed E-state index contributed by atoms with van der Waals surface area (Å²) in [7, 11) is 0. The van der Waals surface area contributed by atoms with Crippen molar-refractivity contribution in [2.24, 2.45) is 0 Å². The van der Waals surface area contributed by atoms with E-state index in [0.717, 1.165) is 62.2 Å². The van der Waals surface area contributed by atoms with Crippen LogP contribution in [0.15, 0.2) is 60.7 Å². The summed E-state index contributed by atoms with van der Waals surface area (Å²) in [5.74, 6) is 0.528. The van der Waals surface area contributed by atoms with Crippen LogP contribution in [-0.4, -0.2) is 36.7 Å². The van der Waals surface area contributed by atoms with Gasteiger partial charge in [-0.3, -0.25) is 9.59 Å². The van der Waals surface area contributed by atoms with E-state index in [1.807, 2.05) is 56.3 Å². The zero-order chi connectivity index (χ0) is 28.2. The van der Waals surface area contributed by atoms with Crippen molar-refractivity contribution in [2.45, 2.75) is 39.5 Å². The number of carbonyl (C=O) groups is 2. The summed E-state index contributed by atoms with van der Waals surface area (Å²) < 4.78 is 11.4. The van der Waals surface area contributed by atoms with Crippen LogP contribution in [0.3, 0.4) is 0 Å². The van der Waals surface area contributed by atoms with Crippen LogP contribution in [0.25, 0.3) is 22.3 Å². The lowest BCUT2D eigenvalue weighted by atomic mass is 9.72. The summed E-state index contributed by atoms with van der Waals surface area (Å²) >= 11 is 0. The quantitative estimate of drug-likeness (QED) is 0.223. The van der Waals surface area contributed by atoms with Gasteiger partial charge in [0.2, 0.25) is 0 Å². The first-order chi connectivity index (χ1) is 20.0. The average molecular weight is 546 g/mol. The highest BCUT2D eigenvalue weighted by atomic mass is 16.5. The molecule has 206 valence electrons. The second-order valence-electron chi connectivity index (χ2n) is 10.9. The number of carbonyl (C=O) groups excluding carboxylic acids is 2. The van der Waals surface area contributed by atoms with E-state index in [-0.39, 0.29) is 17.6 Å². The summed E-state index contributed by atoms with van der Waals surface area (Å²) in [5, 5.41) is 10.3. The second-order valence-corrected chi connectivity index (χ2v) is 10.9. The number of anilines is 1. The summed E-state index contributed by atoms with van der Waals surface area (Å²) in [6.07, 6.45) is 2.70. The zero-order valence-corrected chi connectivity index (χ0v) is 23.3. The molecule has 1 heterocycles. The van der Waals surface area contributed by atoms with E-state index in [0.29, 0.717) is 55.9 Å². The maximum absolute atomic E-state index is 14.1. The van der Waals surface area contributed by atoms with Gasteiger partial charge < -0.3 is 14.6 Å². The number of ether oxygens (including phenoxy) is 2. The van der Waals surface area contributed by atoms with Crippen LogP contribution in [0.2, 0.25) is 0 Å². The van der Waals surface area contributed by atoms with E-state index in [2.05, 4.69) is 12.1 Å². The molecule has 0 saturated heterocycles. The fourth-order valence-corrected chi connectivity index (χ4v) is 6.69. The lowest BCUT2D eigenvalue weighted by Gasteiger charge is -2.31. The van der Waals surface area contributed by atoms with Crippen LogP contribution >= 0.6 is 0 Å². The third-order valence-corrected chi connectivity index (χ3v) is 8.53. The first kappa shape index (κ1) is 25.5.